The molecule has 0 bridgehead atoms. The van der Waals surface area contributed by atoms with E-state index in [2.05, 4.69) is 15.5 Å². The van der Waals surface area contributed by atoms with Crippen molar-refractivity contribution in [2.45, 2.75) is 55.7 Å². The van der Waals surface area contributed by atoms with Crippen molar-refractivity contribution in [3.63, 3.8) is 0 Å². The van der Waals surface area contributed by atoms with Crippen LogP contribution in [0.15, 0.2) is 33.9 Å². The minimum absolute atomic E-state index is 0.00839. The first-order valence-corrected chi connectivity index (χ1v) is 9.53. The number of benzene rings is 1. The fraction of sp³-hybridized carbons (Fsp3) is 0.471. The molecule has 1 unspecified atom stereocenters. The third kappa shape index (κ3) is 5.37. The largest absolute Gasteiger partial charge is 0.484 e. The van der Waals surface area contributed by atoms with Gasteiger partial charge in [0.2, 0.25) is 5.91 Å². The van der Waals surface area contributed by atoms with E-state index in [9.17, 15) is 4.79 Å². The zero-order valence-electron chi connectivity index (χ0n) is 13.9. The van der Waals surface area contributed by atoms with Crippen LogP contribution in [0, 0.1) is 0 Å². The topological polar surface area (TPSA) is 77.2 Å². The van der Waals surface area contributed by atoms with E-state index < -0.39 is 0 Å². The van der Waals surface area contributed by atoms with Gasteiger partial charge in [-0.25, -0.2) is 0 Å². The number of rotatable bonds is 7. The van der Waals surface area contributed by atoms with Crippen molar-refractivity contribution in [2.24, 2.45) is 0 Å². The van der Waals surface area contributed by atoms with Gasteiger partial charge in [-0.3, -0.25) is 4.79 Å². The Morgan fingerprint density at radius 3 is 2.80 bits per heavy atom. The van der Waals surface area contributed by atoms with Gasteiger partial charge in [-0.05, 0) is 44.0 Å². The number of halogens is 1. The van der Waals surface area contributed by atoms with E-state index in [0.717, 1.165) is 12.8 Å². The highest BCUT2D eigenvalue weighted by Gasteiger charge is 2.23. The fourth-order valence-corrected chi connectivity index (χ4v) is 3.45. The van der Waals surface area contributed by atoms with Gasteiger partial charge in [-0.1, -0.05) is 36.2 Å². The van der Waals surface area contributed by atoms with Crippen LogP contribution >= 0.6 is 23.4 Å². The molecule has 1 fully saturated rings. The lowest BCUT2D eigenvalue weighted by Crippen LogP contribution is -2.37. The number of amides is 1. The van der Waals surface area contributed by atoms with Crippen LogP contribution in [0.5, 0.6) is 5.75 Å². The minimum atomic E-state index is -0.286. The third-order valence-electron chi connectivity index (χ3n) is 3.97. The zero-order valence-corrected chi connectivity index (χ0v) is 15.5. The number of aromatic nitrogens is 2. The molecule has 1 atom stereocenters. The molecule has 1 amide bonds. The molecule has 1 aliphatic carbocycles. The first kappa shape index (κ1) is 18.1. The Bertz CT molecular complexity index is 701. The number of hydrogen-bond acceptors (Lipinski definition) is 6. The first-order valence-electron chi connectivity index (χ1n) is 8.28. The molecule has 0 radical (unpaired) electrons. The van der Waals surface area contributed by atoms with Crippen LogP contribution in [0.4, 0.5) is 0 Å². The van der Waals surface area contributed by atoms with Gasteiger partial charge < -0.3 is 14.5 Å². The molecule has 25 heavy (non-hydrogen) atoms. The van der Waals surface area contributed by atoms with Crippen molar-refractivity contribution >= 4 is 29.3 Å². The number of thioether (sulfide) groups is 1. The molecular formula is C17H20ClN3O3S. The van der Waals surface area contributed by atoms with Gasteiger partial charge in [-0.2, -0.15) is 0 Å². The highest BCUT2D eigenvalue weighted by atomic mass is 35.5. The molecule has 1 N–H and O–H groups in total. The zero-order chi connectivity index (χ0) is 17.6. The van der Waals surface area contributed by atoms with Crippen molar-refractivity contribution in [3.05, 3.63) is 35.2 Å². The monoisotopic (exact) mass is 381 g/mol. The lowest BCUT2D eigenvalue weighted by Gasteiger charge is -2.14. The number of carbonyl (C=O) groups is 1. The van der Waals surface area contributed by atoms with Crippen LogP contribution < -0.4 is 10.1 Å². The van der Waals surface area contributed by atoms with E-state index in [1.54, 1.807) is 24.3 Å². The molecule has 0 spiro atoms. The Balaban J connectivity index is 1.47. The number of carbonyl (C=O) groups excluding carboxylic acids is 1. The summed E-state index contributed by atoms with van der Waals surface area (Å²) < 4.78 is 11.1. The quantitative estimate of drug-likeness (QED) is 0.734. The van der Waals surface area contributed by atoms with Crippen LogP contribution in [0.1, 0.15) is 38.5 Å². The second kappa shape index (κ2) is 8.58. The molecule has 1 aromatic carbocycles. The Kier molecular flexibility index (Phi) is 6.20. The molecule has 1 aliphatic rings. The second-order valence-corrected chi connectivity index (χ2v) is 7.68. The molecule has 8 heteroatoms. The maximum Gasteiger partial charge on any atom is 0.277 e. The fourth-order valence-electron chi connectivity index (χ4n) is 2.61. The smallest absolute Gasteiger partial charge is 0.277 e. The summed E-state index contributed by atoms with van der Waals surface area (Å²) in [5.74, 6) is 1.04. The summed E-state index contributed by atoms with van der Waals surface area (Å²) in [7, 11) is 0. The summed E-state index contributed by atoms with van der Waals surface area (Å²) in [5.41, 5.74) is 0. The Hall–Kier alpha value is -1.73. The Labute approximate surface area is 155 Å². The van der Waals surface area contributed by atoms with Gasteiger partial charge >= 0.3 is 0 Å². The average Bonchev–Trinajstić information content (AvgIpc) is 3.26. The van der Waals surface area contributed by atoms with Crippen molar-refractivity contribution < 1.29 is 13.9 Å². The molecule has 1 saturated carbocycles. The second-order valence-electron chi connectivity index (χ2n) is 5.95. The number of ether oxygens (including phenoxy) is 1. The number of nitrogens with one attached hydrogen (secondary N) is 1. The van der Waals surface area contributed by atoms with E-state index >= 15 is 0 Å². The molecule has 6 nitrogen and oxygen atoms in total. The third-order valence-corrected chi connectivity index (χ3v) is 5.16. The van der Waals surface area contributed by atoms with Crippen LogP contribution in [0.3, 0.4) is 0 Å². The van der Waals surface area contributed by atoms with Crippen molar-refractivity contribution in [1.82, 2.24) is 15.5 Å². The van der Waals surface area contributed by atoms with E-state index in [0.29, 0.717) is 27.9 Å². The first-order chi connectivity index (χ1) is 12.1. The molecule has 2 aromatic rings. The van der Waals surface area contributed by atoms with Crippen LogP contribution in [-0.4, -0.2) is 27.4 Å². The van der Waals surface area contributed by atoms with Gasteiger partial charge in [0.25, 0.3) is 11.1 Å². The van der Waals surface area contributed by atoms with Crippen molar-refractivity contribution in [3.8, 4) is 5.75 Å². The van der Waals surface area contributed by atoms with Crippen LogP contribution in [0.2, 0.25) is 5.02 Å². The van der Waals surface area contributed by atoms with Crippen LogP contribution in [0.25, 0.3) is 0 Å². The normalized spacial score (nSPS) is 15.9. The lowest BCUT2D eigenvalue weighted by molar-refractivity contribution is -0.120. The summed E-state index contributed by atoms with van der Waals surface area (Å²) >= 11 is 7.08. The maximum absolute atomic E-state index is 12.2. The van der Waals surface area contributed by atoms with Gasteiger partial charge in [0.15, 0.2) is 6.61 Å². The Morgan fingerprint density at radius 1 is 1.36 bits per heavy atom. The molecule has 1 aromatic heterocycles. The standard InChI is InChI=1S/C17H20ClN3O3S/c1-11(16(22)19-13-4-2-3-5-13)25-17-21-20-15(24-17)10-23-14-8-6-12(18)7-9-14/h6-9,11,13H,2-5,10H2,1H3,(H,19,22). The van der Waals surface area contributed by atoms with Gasteiger partial charge in [0, 0.05) is 11.1 Å². The average molecular weight is 382 g/mol. The highest BCUT2D eigenvalue weighted by molar-refractivity contribution is 8.00. The molecule has 134 valence electrons. The summed E-state index contributed by atoms with van der Waals surface area (Å²) in [6, 6.07) is 7.34. The summed E-state index contributed by atoms with van der Waals surface area (Å²) in [4.78, 5) is 12.2. The Morgan fingerprint density at radius 2 is 2.08 bits per heavy atom. The van der Waals surface area contributed by atoms with E-state index in [1.807, 2.05) is 6.92 Å². The molecule has 0 aliphatic heterocycles. The summed E-state index contributed by atoms with van der Waals surface area (Å²) in [6.07, 6.45) is 4.51. The van der Waals surface area contributed by atoms with E-state index in [4.69, 9.17) is 20.8 Å². The van der Waals surface area contributed by atoms with Gasteiger partial charge in [0.05, 0.1) is 5.25 Å². The SMILES string of the molecule is CC(Sc1nnc(COc2ccc(Cl)cc2)o1)C(=O)NC1CCCC1. The number of hydrogen-bond donors (Lipinski definition) is 1. The van der Waals surface area contributed by atoms with Gasteiger partial charge in [-0.15, -0.1) is 10.2 Å². The highest BCUT2D eigenvalue weighted by Crippen LogP contribution is 2.24. The maximum atomic E-state index is 12.2. The summed E-state index contributed by atoms with van der Waals surface area (Å²) in [6.45, 7) is 2.00. The lowest BCUT2D eigenvalue weighted by atomic mass is 10.2. The van der Waals surface area contributed by atoms with Crippen LogP contribution in [-0.2, 0) is 11.4 Å². The van der Waals surface area contributed by atoms with Crippen molar-refractivity contribution in [2.75, 3.05) is 0 Å². The molecular weight excluding hydrogens is 362 g/mol. The molecule has 3 rings (SSSR count). The molecule has 0 saturated heterocycles. The van der Waals surface area contributed by atoms with E-state index in [1.165, 1.54) is 24.6 Å². The van der Waals surface area contributed by atoms with Crippen molar-refractivity contribution in [1.29, 1.82) is 0 Å². The minimum Gasteiger partial charge on any atom is -0.484 e. The van der Waals surface area contributed by atoms with E-state index in [-0.39, 0.29) is 17.8 Å². The van der Waals surface area contributed by atoms with Gasteiger partial charge in [0.1, 0.15) is 5.75 Å². The molecule has 1 heterocycles. The predicted octanol–water partition coefficient (Wildman–Crippen LogP) is 3.84. The summed E-state index contributed by atoms with van der Waals surface area (Å²) in [5, 5.41) is 11.7. The number of nitrogens with zero attached hydrogens (tertiary/aromatic N) is 2. The predicted molar refractivity (Wildman–Crippen MR) is 95.8 cm³/mol.